The highest BCUT2D eigenvalue weighted by molar-refractivity contribution is 5.98. The zero-order valence-corrected chi connectivity index (χ0v) is 18.1. The van der Waals surface area contributed by atoms with Gasteiger partial charge in [-0.1, -0.05) is 36.4 Å². The topological polar surface area (TPSA) is 63.5 Å². The van der Waals surface area contributed by atoms with Gasteiger partial charge >= 0.3 is 5.97 Å². The lowest BCUT2D eigenvalue weighted by molar-refractivity contribution is 0.0684. The number of halogens is 1. The van der Waals surface area contributed by atoms with E-state index in [2.05, 4.69) is 24.4 Å². The molecule has 5 nitrogen and oxygen atoms in total. The summed E-state index contributed by atoms with van der Waals surface area (Å²) in [5.41, 5.74) is 4.86. The summed E-state index contributed by atoms with van der Waals surface area (Å²) in [6.07, 6.45) is 0. The second-order valence-corrected chi connectivity index (χ2v) is 7.76. The van der Waals surface area contributed by atoms with Gasteiger partial charge in [-0.25, -0.2) is 9.18 Å². The first-order valence-electron chi connectivity index (χ1n) is 10.4. The SMILES string of the molecule is COc1ccc2c(CNCc3ccccc3C)c(C(=O)O)n(Cc3ccc(F)cc3)c2c1. The second-order valence-electron chi connectivity index (χ2n) is 7.76. The number of methoxy groups -OCH3 is 1. The van der Waals surface area contributed by atoms with Crippen molar-refractivity contribution in [3.8, 4) is 5.75 Å². The van der Waals surface area contributed by atoms with E-state index < -0.39 is 5.97 Å². The molecule has 164 valence electrons. The van der Waals surface area contributed by atoms with E-state index in [1.807, 2.05) is 30.3 Å². The van der Waals surface area contributed by atoms with E-state index in [9.17, 15) is 14.3 Å². The summed E-state index contributed by atoms with van der Waals surface area (Å²) in [6, 6.07) is 19.8. The third-order valence-electron chi connectivity index (χ3n) is 5.71. The lowest BCUT2D eigenvalue weighted by Crippen LogP contribution is -2.17. The molecule has 0 unspecified atom stereocenters. The number of aryl methyl sites for hydroxylation is 1. The molecule has 32 heavy (non-hydrogen) atoms. The van der Waals surface area contributed by atoms with Gasteiger partial charge in [-0.3, -0.25) is 0 Å². The first-order chi connectivity index (χ1) is 15.5. The Bertz CT molecular complexity index is 1260. The Morgan fingerprint density at radius 3 is 2.50 bits per heavy atom. The number of nitrogens with one attached hydrogen (secondary N) is 1. The molecular formula is C26H25FN2O3. The Morgan fingerprint density at radius 1 is 1.06 bits per heavy atom. The fourth-order valence-electron chi connectivity index (χ4n) is 4.02. The van der Waals surface area contributed by atoms with Crippen LogP contribution in [0, 0.1) is 12.7 Å². The van der Waals surface area contributed by atoms with Crippen LogP contribution in [-0.2, 0) is 19.6 Å². The van der Waals surface area contributed by atoms with Crippen molar-refractivity contribution in [1.29, 1.82) is 0 Å². The summed E-state index contributed by atoms with van der Waals surface area (Å²) in [6.45, 7) is 3.39. The molecule has 4 aromatic rings. The van der Waals surface area contributed by atoms with Crippen molar-refractivity contribution in [2.75, 3.05) is 7.11 Å². The van der Waals surface area contributed by atoms with Crippen molar-refractivity contribution in [3.05, 3.63) is 100 Å². The average Bonchev–Trinajstić information content (AvgIpc) is 3.09. The number of hydrogen-bond acceptors (Lipinski definition) is 3. The lowest BCUT2D eigenvalue weighted by Gasteiger charge is -2.11. The molecule has 6 heteroatoms. The molecule has 2 N–H and O–H groups in total. The fraction of sp³-hybridized carbons (Fsp3) is 0.192. The van der Waals surface area contributed by atoms with Crippen LogP contribution in [0.25, 0.3) is 10.9 Å². The highest BCUT2D eigenvalue weighted by Crippen LogP contribution is 2.31. The molecule has 1 heterocycles. The van der Waals surface area contributed by atoms with Gasteiger partial charge in [-0.15, -0.1) is 0 Å². The van der Waals surface area contributed by atoms with Crippen LogP contribution in [0.1, 0.15) is 32.7 Å². The van der Waals surface area contributed by atoms with Crippen molar-refractivity contribution in [3.63, 3.8) is 0 Å². The summed E-state index contributed by atoms with van der Waals surface area (Å²) in [5, 5.41) is 14.4. The number of rotatable bonds is 8. The molecule has 0 atom stereocenters. The predicted octanol–water partition coefficient (Wildman–Crippen LogP) is 5.13. The van der Waals surface area contributed by atoms with Gasteiger partial charge < -0.3 is 19.7 Å². The van der Waals surface area contributed by atoms with Gasteiger partial charge in [0.15, 0.2) is 0 Å². The molecule has 3 aromatic carbocycles. The monoisotopic (exact) mass is 432 g/mol. The number of benzene rings is 3. The third kappa shape index (κ3) is 4.36. The van der Waals surface area contributed by atoms with Gasteiger partial charge in [0.25, 0.3) is 0 Å². The molecule has 0 bridgehead atoms. The van der Waals surface area contributed by atoms with E-state index in [-0.39, 0.29) is 11.5 Å². The predicted molar refractivity (Wildman–Crippen MR) is 123 cm³/mol. The average molecular weight is 432 g/mol. The minimum atomic E-state index is -1.00. The van der Waals surface area contributed by atoms with Crippen LogP contribution >= 0.6 is 0 Å². The normalized spacial score (nSPS) is 11.1. The number of ether oxygens (including phenoxy) is 1. The Labute approximate surface area is 186 Å². The highest BCUT2D eigenvalue weighted by Gasteiger charge is 2.23. The van der Waals surface area contributed by atoms with E-state index in [1.165, 1.54) is 23.3 Å². The maximum atomic E-state index is 13.4. The Balaban J connectivity index is 1.75. The number of carboxylic acids is 1. The molecular weight excluding hydrogens is 407 g/mol. The minimum absolute atomic E-state index is 0.217. The molecule has 0 spiro atoms. The molecule has 0 aliphatic heterocycles. The summed E-state index contributed by atoms with van der Waals surface area (Å²) in [5.74, 6) is -0.686. The Kier molecular flexibility index (Phi) is 6.23. The molecule has 4 rings (SSSR count). The van der Waals surface area contributed by atoms with Crippen molar-refractivity contribution < 1.29 is 19.0 Å². The van der Waals surface area contributed by atoms with E-state index in [4.69, 9.17) is 4.74 Å². The Morgan fingerprint density at radius 2 is 1.81 bits per heavy atom. The number of aromatic nitrogens is 1. The van der Waals surface area contributed by atoms with Crippen LogP contribution in [-0.4, -0.2) is 22.8 Å². The van der Waals surface area contributed by atoms with Crippen LogP contribution in [0.2, 0.25) is 0 Å². The van der Waals surface area contributed by atoms with Gasteiger partial charge in [0.05, 0.1) is 12.6 Å². The van der Waals surface area contributed by atoms with Gasteiger partial charge in [-0.05, 0) is 47.9 Å². The highest BCUT2D eigenvalue weighted by atomic mass is 19.1. The van der Waals surface area contributed by atoms with Crippen molar-refractivity contribution >= 4 is 16.9 Å². The van der Waals surface area contributed by atoms with Gasteiger partial charge in [0.1, 0.15) is 17.3 Å². The van der Waals surface area contributed by atoms with Gasteiger partial charge in [0, 0.05) is 36.7 Å². The van der Waals surface area contributed by atoms with Gasteiger partial charge in [-0.2, -0.15) is 0 Å². The minimum Gasteiger partial charge on any atom is -0.497 e. The van der Waals surface area contributed by atoms with Crippen LogP contribution in [0.5, 0.6) is 5.75 Å². The summed E-state index contributed by atoms with van der Waals surface area (Å²) >= 11 is 0. The van der Waals surface area contributed by atoms with Crippen molar-refractivity contribution in [2.45, 2.75) is 26.6 Å². The lowest BCUT2D eigenvalue weighted by atomic mass is 10.1. The van der Waals surface area contributed by atoms with Crippen LogP contribution in [0.4, 0.5) is 4.39 Å². The number of hydrogen-bond donors (Lipinski definition) is 2. The summed E-state index contributed by atoms with van der Waals surface area (Å²) < 4.78 is 20.5. The number of carbonyl (C=O) groups is 1. The fourth-order valence-corrected chi connectivity index (χ4v) is 4.02. The first kappa shape index (κ1) is 21.6. The first-order valence-corrected chi connectivity index (χ1v) is 10.4. The summed E-state index contributed by atoms with van der Waals surface area (Å²) in [7, 11) is 1.58. The molecule has 0 saturated heterocycles. The number of nitrogens with zero attached hydrogens (tertiary/aromatic N) is 1. The maximum absolute atomic E-state index is 13.4. The zero-order chi connectivity index (χ0) is 22.7. The number of aromatic carboxylic acids is 1. The maximum Gasteiger partial charge on any atom is 0.352 e. The van der Waals surface area contributed by atoms with Crippen LogP contribution in [0.3, 0.4) is 0 Å². The molecule has 1 aromatic heterocycles. The van der Waals surface area contributed by atoms with E-state index >= 15 is 0 Å². The quantitative estimate of drug-likeness (QED) is 0.405. The zero-order valence-electron chi connectivity index (χ0n) is 18.1. The molecule has 0 saturated carbocycles. The smallest absolute Gasteiger partial charge is 0.352 e. The third-order valence-corrected chi connectivity index (χ3v) is 5.71. The standard InChI is InChI=1S/C26H25FN2O3/c1-17-5-3-4-6-19(17)14-28-15-23-22-12-11-21(32-2)13-24(22)29(25(23)26(30)31)16-18-7-9-20(27)10-8-18/h3-13,28H,14-16H2,1-2H3,(H,30,31). The Hall–Kier alpha value is -3.64. The molecule has 0 aliphatic rings. The van der Waals surface area contributed by atoms with E-state index in [0.717, 1.165) is 16.5 Å². The largest absolute Gasteiger partial charge is 0.497 e. The molecule has 0 aliphatic carbocycles. The van der Waals surface area contributed by atoms with Crippen molar-refractivity contribution in [2.24, 2.45) is 0 Å². The van der Waals surface area contributed by atoms with Crippen LogP contribution in [0.15, 0.2) is 66.7 Å². The molecule has 0 fully saturated rings. The number of fused-ring (bicyclic) bond motifs is 1. The second kappa shape index (κ2) is 9.24. The molecule has 0 radical (unpaired) electrons. The van der Waals surface area contributed by atoms with Gasteiger partial charge in [0.2, 0.25) is 0 Å². The van der Waals surface area contributed by atoms with Crippen molar-refractivity contribution in [1.82, 2.24) is 9.88 Å². The number of carboxylic acid groups (broad SMARTS) is 1. The summed E-state index contributed by atoms with van der Waals surface area (Å²) in [4.78, 5) is 12.4. The van der Waals surface area contributed by atoms with E-state index in [1.54, 1.807) is 23.8 Å². The van der Waals surface area contributed by atoms with E-state index in [0.29, 0.717) is 30.9 Å². The molecule has 0 amide bonds. The van der Waals surface area contributed by atoms with Crippen LogP contribution < -0.4 is 10.1 Å².